The summed E-state index contributed by atoms with van der Waals surface area (Å²) in [4.78, 5) is 23.4. The molecule has 0 unspecified atom stereocenters. The van der Waals surface area contributed by atoms with E-state index >= 15 is 0 Å². The minimum atomic E-state index is -0.825. The maximum atomic E-state index is 11.8. The number of nitrogens with one attached hydrogen (secondary N) is 2. The molecular formula is C14H20N2O6. The Hall–Kier alpha value is -2.32. The quantitative estimate of drug-likeness (QED) is 0.452. The number of methoxy groups -OCH3 is 2. The summed E-state index contributed by atoms with van der Waals surface area (Å²) in [7, 11) is 2.95. The zero-order valence-corrected chi connectivity index (χ0v) is 12.5. The van der Waals surface area contributed by atoms with E-state index in [9.17, 15) is 9.59 Å². The van der Waals surface area contributed by atoms with Crippen LogP contribution in [0.3, 0.4) is 0 Å². The molecule has 1 rings (SSSR count). The molecule has 1 aromatic rings. The highest BCUT2D eigenvalue weighted by Gasteiger charge is 2.15. The van der Waals surface area contributed by atoms with Crippen molar-refractivity contribution in [2.45, 2.75) is 0 Å². The highest BCUT2D eigenvalue weighted by Crippen LogP contribution is 2.28. The summed E-state index contributed by atoms with van der Waals surface area (Å²) in [5.41, 5.74) is 0.332. The lowest BCUT2D eigenvalue weighted by Gasteiger charge is -2.11. The molecule has 0 heterocycles. The summed E-state index contributed by atoms with van der Waals surface area (Å²) in [6.07, 6.45) is 0. The Morgan fingerprint density at radius 1 is 1.14 bits per heavy atom. The van der Waals surface area contributed by atoms with Crippen molar-refractivity contribution in [1.29, 1.82) is 0 Å². The highest BCUT2D eigenvalue weighted by molar-refractivity contribution is 6.39. The third kappa shape index (κ3) is 5.58. The van der Waals surface area contributed by atoms with E-state index in [-0.39, 0.29) is 26.4 Å². The van der Waals surface area contributed by atoms with E-state index in [1.807, 2.05) is 0 Å². The summed E-state index contributed by atoms with van der Waals surface area (Å²) in [5, 5.41) is 13.4. The summed E-state index contributed by atoms with van der Waals surface area (Å²) in [5.74, 6) is -0.687. The van der Waals surface area contributed by atoms with E-state index < -0.39 is 11.8 Å². The third-order valence-electron chi connectivity index (χ3n) is 2.63. The molecule has 122 valence electrons. The van der Waals surface area contributed by atoms with Crippen molar-refractivity contribution >= 4 is 17.5 Å². The van der Waals surface area contributed by atoms with Crippen LogP contribution in [-0.2, 0) is 14.3 Å². The first-order valence-corrected chi connectivity index (χ1v) is 6.62. The van der Waals surface area contributed by atoms with Crippen molar-refractivity contribution in [3.8, 4) is 11.5 Å². The molecule has 0 aliphatic rings. The summed E-state index contributed by atoms with van der Waals surface area (Å²) < 4.78 is 15.1. The molecule has 0 bridgehead atoms. The molecular weight excluding hydrogens is 292 g/mol. The molecule has 0 saturated carbocycles. The third-order valence-corrected chi connectivity index (χ3v) is 2.63. The Kier molecular flexibility index (Phi) is 7.73. The number of hydrogen-bond donors (Lipinski definition) is 3. The number of aliphatic hydroxyl groups excluding tert-OH is 1. The molecule has 3 N–H and O–H groups in total. The van der Waals surface area contributed by atoms with Gasteiger partial charge in [0.2, 0.25) is 0 Å². The van der Waals surface area contributed by atoms with Gasteiger partial charge < -0.3 is 30.0 Å². The summed E-state index contributed by atoms with van der Waals surface area (Å²) >= 11 is 0. The molecule has 22 heavy (non-hydrogen) atoms. The fourth-order valence-electron chi connectivity index (χ4n) is 1.57. The molecule has 0 atom stereocenters. The number of hydrogen-bond acceptors (Lipinski definition) is 6. The second kappa shape index (κ2) is 9.59. The normalized spacial score (nSPS) is 9.95. The molecule has 0 aliphatic carbocycles. The van der Waals surface area contributed by atoms with Gasteiger partial charge in [-0.1, -0.05) is 0 Å². The first kappa shape index (κ1) is 17.7. The Morgan fingerprint density at radius 3 is 2.55 bits per heavy atom. The van der Waals surface area contributed by atoms with Crippen LogP contribution >= 0.6 is 0 Å². The lowest BCUT2D eigenvalue weighted by Crippen LogP contribution is -2.37. The zero-order valence-electron chi connectivity index (χ0n) is 12.5. The molecule has 0 radical (unpaired) electrons. The Bertz CT molecular complexity index is 506. The molecule has 0 fully saturated rings. The topological polar surface area (TPSA) is 106 Å². The molecule has 0 spiro atoms. The number of benzene rings is 1. The first-order valence-electron chi connectivity index (χ1n) is 6.62. The molecule has 8 heteroatoms. The first-order chi connectivity index (χ1) is 10.6. The Morgan fingerprint density at radius 2 is 1.91 bits per heavy atom. The minimum absolute atomic E-state index is 0.0932. The van der Waals surface area contributed by atoms with Crippen molar-refractivity contribution in [2.24, 2.45) is 0 Å². The molecule has 8 nitrogen and oxygen atoms in total. The monoisotopic (exact) mass is 312 g/mol. The van der Waals surface area contributed by atoms with Gasteiger partial charge in [-0.2, -0.15) is 0 Å². The molecule has 2 amide bonds. The van der Waals surface area contributed by atoms with Crippen molar-refractivity contribution in [1.82, 2.24) is 5.32 Å². The second-order valence-electron chi connectivity index (χ2n) is 4.11. The van der Waals surface area contributed by atoms with Crippen LogP contribution in [0.4, 0.5) is 5.69 Å². The smallest absolute Gasteiger partial charge is 0.313 e. The van der Waals surface area contributed by atoms with Crippen LogP contribution in [0.15, 0.2) is 18.2 Å². The van der Waals surface area contributed by atoms with Crippen LogP contribution in [0.5, 0.6) is 11.5 Å². The van der Waals surface area contributed by atoms with E-state index in [4.69, 9.17) is 19.3 Å². The van der Waals surface area contributed by atoms with Gasteiger partial charge in [-0.15, -0.1) is 0 Å². The van der Waals surface area contributed by atoms with Gasteiger partial charge in [0.05, 0.1) is 39.7 Å². The average Bonchev–Trinajstić information content (AvgIpc) is 2.54. The van der Waals surface area contributed by atoms with E-state index in [0.717, 1.165) is 0 Å². The zero-order chi connectivity index (χ0) is 16.4. The maximum Gasteiger partial charge on any atom is 0.313 e. The number of aliphatic hydroxyl groups is 1. The summed E-state index contributed by atoms with van der Waals surface area (Å²) in [6, 6.07) is 4.84. The van der Waals surface area contributed by atoms with Crippen LogP contribution in [-0.4, -0.2) is 57.5 Å². The predicted octanol–water partition coefficient (Wildman–Crippen LogP) is -0.233. The van der Waals surface area contributed by atoms with Gasteiger partial charge in [-0.25, -0.2) is 0 Å². The van der Waals surface area contributed by atoms with Gasteiger partial charge in [0.15, 0.2) is 0 Å². The SMILES string of the molecule is COc1ccc(OC)c(NC(=O)C(=O)NCCOCCO)c1. The largest absolute Gasteiger partial charge is 0.497 e. The molecule has 0 aliphatic heterocycles. The van der Waals surface area contributed by atoms with Crippen molar-refractivity contribution in [3.63, 3.8) is 0 Å². The van der Waals surface area contributed by atoms with E-state index in [1.54, 1.807) is 18.2 Å². The predicted molar refractivity (Wildman–Crippen MR) is 79.1 cm³/mol. The van der Waals surface area contributed by atoms with Gasteiger partial charge >= 0.3 is 11.8 Å². The number of anilines is 1. The minimum Gasteiger partial charge on any atom is -0.497 e. The molecule has 0 saturated heterocycles. The Balaban J connectivity index is 2.54. The lowest BCUT2D eigenvalue weighted by molar-refractivity contribution is -0.136. The van der Waals surface area contributed by atoms with E-state index in [1.165, 1.54) is 14.2 Å². The van der Waals surface area contributed by atoms with E-state index in [0.29, 0.717) is 17.2 Å². The molecule has 1 aromatic carbocycles. The lowest BCUT2D eigenvalue weighted by atomic mass is 10.2. The van der Waals surface area contributed by atoms with Gasteiger partial charge in [-0.3, -0.25) is 9.59 Å². The number of ether oxygens (including phenoxy) is 3. The standard InChI is InChI=1S/C14H20N2O6/c1-20-10-3-4-12(21-2)11(9-10)16-14(19)13(18)15-5-7-22-8-6-17/h3-4,9,17H,5-8H2,1-2H3,(H,15,18)(H,16,19). The maximum absolute atomic E-state index is 11.8. The number of carbonyl (C=O) groups is 2. The van der Waals surface area contributed by atoms with Crippen molar-refractivity contribution in [2.75, 3.05) is 45.9 Å². The van der Waals surface area contributed by atoms with Crippen LogP contribution in [0, 0.1) is 0 Å². The van der Waals surface area contributed by atoms with Crippen molar-refractivity contribution < 1.29 is 28.9 Å². The fourth-order valence-corrected chi connectivity index (χ4v) is 1.57. The number of rotatable bonds is 8. The van der Waals surface area contributed by atoms with Crippen LogP contribution < -0.4 is 20.1 Å². The highest BCUT2D eigenvalue weighted by atomic mass is 16.5. The Labute approximate surface area is 128 Å². The summed E-state index contributed by atoms with van der Waals surface area (Å²) in [6.45, 7) is 0.469. The van der Waals surface area contributed by atoms with Gasteiger partial charge in [-0.05, 0) is 12.1 Å². The van der Waals surface area contributed by atoms with Gasteiger partial charge in [0, 0.05) is 12.6 Å². The van der Waals surface area contributed by atoms with Gasteiger partial charge in [0.25, 0.3) is 0 Å². The fraction of sp³-hybridized carbons (Fsp3) is 0.429. The second-order valence-corrected chi connectivity index (χ2v) is 4.11. The van der Waals surface area contributed by atoms with Crippen LogP contribution in [0.1, 0.15) is 0 Å². The number of carbonyl (C=O) groups excluding carboxylic acids is 2. The van der Waals surface area contributed by atoms with Gasteiger partial charge in [0.1, 0.15) is 11.5 Å². The number of amides is 2. The van der Waals surface area contributed by atoms with Crippen molar-refractivity contribution in [3.05, 3.63) is 18.2 Å². The molecule has 0 aromatic heterocycles. The van der Waals surface area contributed by atoms with Crippen LogP contribution in [0.25, 0.3) is 0 Å². The van der Waals surface area contributed by atoms with Crippen LogP contribution in [0.2, 0.25) is 0 Å². The average molecular weight is 312 g/mol. The van der Waals surface area contributed by atoms with E-state index in [2.05, 4.69) is 10.6 Å².